The van der Waals surface area contributed by atoms with E-state index in [1.54, 1.807) is 6.08 Å². The van der Waals surface area contributed by atoms with Crippen molar-refractivity contribution in [3.8, 4) is 5.75 Å². The van der Waals surface area contributed by atoms with Gasteiger partial charge in [0.15, 0.2) is 9.75 Å². The SMILES string of the molecule is O=C1[C@H]2[C@H](CC=C3[C@H]2C[C@@]2(Cl)C(=O)N(CBr)C(=O)[C@@]2(Cl)[C@H]3c2cc(Cl)ccc2O)C(=O)N1c1cccc(B(O)O)c1. The molecular formula is C27H21BBrCl3N2O7. The number of carbonyl (C=O) groups is 4. The number of carbonyl (C=O) groups excluding carboxylic acids is 4. The second-order valence-corrected chi connectivity index (χ2v) is 12.8. The van der Waals surface area contributed by atoms with Crippen LogP contribution in [0.3, 0.4) is 0 Å². The van der Waals surface area contributed by atoms with Gasteiger partial charge in [0.05, 0.1) is 23.0 Å². The van der Waals surface area contributed by atoms with Crippen molar-refractivity contribution in [1.29, 1.82) is 0 Å². The summed E-state index contributed by atoms with van der Waals surface area (Å²) in [6.45, 7) is 0. The predicted molar refractivity (Wildman–Crippen MR) is 155 cm³/mol. The molecule has 0 spiro atoms. The third-order valence-corrected chi connectivity index (χ3v) is 10.9. The normalized spacial score (nSPS) is 32.6. The number of fused-ring (bicyclic) bond motifs is 4. The summed E-state index contributed by atoms with van der Waals surface area (Å²) in [6, 6.07) is 10.1. The molecule has 14 heteroatoms. The molecule has 1 saturated carbocycles. The van der Waals surface area contributed by atoms with Gasteiger partial charge in [0.25, 0.3) is 11.8 Å². The van der Waals surface area contributed by atoms with Gasteiger partial charge in [-0.3, -0.25) is 29.0 Å². The van der Waals surface area contributed by atoms with Crippen molar-refractivity contribution in [2.24, 2.45) is 17.8 Å². The number of halogens is 4. The number of nitrogens with zero attached hydrogens (tertiary/aromatic N) is 2. The van der Waals surface area contributed by atoms with Crippen LogP contribution in [0, 0.1) is 17.8 Å². The first-order valence-corrected chi connectivity index (χ1v) is 14.9. The first-order valence-electron chi connectivity index (χ1n) is 12.7. The molecule has 2 heterocycles. The highest BCUT2D eigenvalue weighted by Crippen LogP contribution is 2.66. The minimum atomic E-state index is -2.06. The molecule has 2 aromatic rings. The molecule has 2 aliphatic carbocycles. The summed E-state index contributed by atoms with van der Waals surface area (Å²) in [5.41, 5.74) is 0.780. The molecule has 3 fully saturated rings. The van der Waals surface area contributed by atoms with Crippen molar-refractivity contribution in [2.45, 2.75) is 28.5 Å². The molecule has 0 radical (unpaired) electrons. The van der Waals surface area contributed by atoms with E-state index in [-0.39, 0.29) is 45.8 Å². The van der Waals surface area contributed by atoms with Crippen LogP contribution in [0.5, 0.6) is 5.75 Å². The van der Waals surface area contributed by atoms with Crippen LogP contribution in [-0.4, -0.2) is 66.0 Å². The molecule has 41 heavy (non-hydrogen) atoms. The van der Waals surface area contributed by atoms with Gasteiger partial charge in [0.1, 0.15) is 5.75 Å². The van der Waals surface area contributed by atoms with Gasteiger partial charge >= 0.3 is 7.12 Å². The Labute approximate surface area is 257 Å². The van der Waals surface area contributed by atoms with Crippen LogP contribution in [-0.2, 0) is 19.2 Å². The zero-order valence-corrected chi connectivity index (χ0v) is 24.9. The predicted octanol–water partition coefficient (Wildman–Crippen LogP) is 2.64. The maximum absolute atomic E-state index is 14.0. The molecule has 4 aliphatic rings. The Hall–Kier alpha value is -2.41. The van der Waals surface area contributed by atoms with Crippen molar-refractivity contribution < 1.29 is 34.3 Å². The monoisotopic (exact) mass is 680 g/mol. The maximum atomic E-state index is 14.0. The second kappa shape index (κ2) is 9.82. The van der Waals surface area contributed by atoms with E-state index in [2.05, 4.69) is 15.9 Å². The number of phenols is 1. The molecule has 0 aromatic heterocycles. The largest absolute Gasteiger partial charge is 0.508 e. The Bertz CT molecular complexity index is 1570. The molecule has 0 unspecified atom stereocenters. The smallest absolute Gasteiger partial charge is 0.488 e. The van der Waals surface area contributed by atoms with Gasteiger partial charge in [0, 0.05) is 16.5 Å². The van der Waals surface area contributed by atoms with E-state index in [1.165, 1.54) is 42.5 Å². The lowest BCUT2D eigenvalue weighted by atomic mass is 9.56. The van der Waals surface area contributed by atoms with Crippen molar-refractivity contribution in [1.82, 2.24) is 4.90 Å². The summed E-state index contributed by atoms with van der Waals surface area (Å²) < 4.78 is 0. The molecule has 6 rings (SSSR count). The second-order valence-electron chi connectivity index (χ2n) is 10.7. The number of likely N-dealkylation sites (tertiary alicyclic amines) is 1. The summed E-state index contributed by atoms with van der Waals surface area (Å²) in [5.74, 6) is -6.45. The number of imide groups is 2. The van der Waals surface area contributed by atoms with Gasteiger partial charge in [-0.15, -0.1) is 23.2 Å². The van der Waals surface area contributed by atoms with E-state index >= 15 is 0 Å². The third-order valence-electron chi connectivity index (χ3n) is 8.74. The number of benzene rings is 2. The number of alkyl halides is 3. The summed E-state index contributed by atoms with van der Waals surface area (Å²) in [6.07, 6.45) is 1.66. The Morgan fingerprint density at radius 3 is 2.41 bits per heavy atom. The van der Waals surface area contributed by atoms with Gasteiger partial charge in [-0.05, 0) is 54.6 Å². The summed E-state index contributed by atoms with van der Waals surface area (Å²) >= 11 is 23.8. The van der Waals surface area contributed by atoms with Crippen LogP contribution in [0.4, 0.5) is 5.69 Å². The standard InChI is InChI=1S/C27H21BBrCl3N2O7/c29-11-33-24(38)26(31)10-18-15(21(27(26,32)25(33)39)17-9-13(30)4-7-19(17)35)5-6-16-20(18)23(37)34(22(16)36)14-3-1-2-12(8-14)28(40)41/h1-5,7-9,16,18,20-21,35,40-41H,6,10-11H2/t16-,18+,20-,21+,26+,27-/m0/s1. The van der Waals surface area contributed by atoms with Gasteiger partial charge in [0.2, 0.25) is 11.8 Å². The van der Waals surface area contributed by atoms with Gasteiger partial charge in [-0.1, -0.05) is 51.3 Å². The molecule has 2 aromatic carbocycles. The molecule has 212 valence electrons. The number of aromatic hydroxyl groups is 1. The van der Waals surface area contributed by atoms with Crippen molar-refractivity contribution >= 4 is 92.6 Å². The topological polar surface area (TPSA) is 135 Å². The number of amides is 4. The lowest BCUT2D eigenvalue weighted by molar-refractivity contribution is -0.138. The van der Waals surface area contributed by atoms with Crippen molar-refractivity contribution in [2.75, 3.05) is 10.4 Å². The van der Waals surface area contributed by atoms with E-state index in [1.807, 2.05) is 0 Å². The lowest BCUT2D eigenvalue weighted by Gasteiger charge is -2.50. The third kappa shape index (κ3) is 3.82. The van der Waals surface area contributed by atoms with Gasteiger partial charge in [-0.25, -0.2) is 0 Å². The fourth-order valence-electron chi connectivity index (χ4n) is 6.93. The van der Waals surface area contributed by atoms with Crippen LogP contribution in [0.15, 0.2) is 54.1 Å². The fraction of sp³-hybridized carbons (Fsp3) is 0.333. The minimum Gasteiger partial charge on any atom is -0.508 e. The van der Waals surface area contributed by atoms with Gasteiger partial charge in [-0.2, -0.15) is 0 Å². The van der Waals surface area contributed by atoms with E-state index in [0.29, 0.717) is 5.57 Å². The Kier molecular flexibility index (Phi) is 6.88. The van der Waals surface area contributed by atoms with E-state index < -0.39 is 64.2 Å². The number of hydrogen-bond donors (Lipinski definition) is 3. The van der Waals surface area contributed by atoms with Crippen LogP contribution < -0.4 is 10.4 Å². The summed E-state index contributed by atoms with van der Waals surface area (Å²) in [4.78, 5) is 53.0. The van der Waals surface area contributed by atoms with E-state index in [4.69, 9.17) is 34.8 Å². The molecule has 6 atom stereocenters. The number of allylic oxidation sites excluding steroid dienone is 2. The molecule has 2 aliphatic heterocycles. The Balaban J connectivity index is 1.52. The first-order chi connectivity index (χ1) is 19.4. The average molecular weight is 683 g/mol. The average Bonchev–Trinajstić information content (AvgIpc) is 3.28. The highest BCUT2D eigenvalue weighted by atomic mass is 79.9. The highest BCUT2D eigenvalue weighted by Gasteiger charge is 2.76. The molecule has 4 amide bonds. The van der Waals surface area contributed by atoms with E-state index in [9.17, 15) is 34.3 Å². The van der Waals surface area contributed by atoms with Crippen molar-refractivity contribution in [3.05, 3.63) is 64.7 Å². The van der Waals surface area contributed by atoms with E-state index in [0.717, 1.165) is 9.80 Å². The Morgan fingerprint density at radius 2 is 1.73 bits per heavy atom. The number of rotatable bonds is 4. The highest BCUT2D eigenvalue weighted by molar-refractivity contribution is 9.09. The number of anilines is 1. The molecule has 2 saturated heterocycles. The Morgan fingerprint density at radius 1 is 1.00 bits per heavy atom. The quantitative estimate of drug-likeness (QED) is 0.149. The van der Waals surface area contributed by atoms with Gasteiger partial charge < -0.3 is 15.2 Å². The number of hydrogen-bond acceptors (Lipinski definition) is 7. The molecule has 3 N–H and O–H groups in total. The molecule has 0 bridgehead atoms. The van der Waals surface area contributed by atoms with Crippen molar-refractivity contribution in [3.63, 3.8) is 0 Å². The van der Waals surface area contributed by atoms with Crippen LogP contribution in [0.25, 0.3) is 0 Å². The lowest BCUT2D eigenvalue weighted by Crippen LogP contribution is -2.60. The zero-order valence-electron chi connectivity index (χ0n) is 21.0. The van der Waals surface area contributed by atoms with Crippen LogP contribution >= 0.6 is 50.7 Å². The first kappa shape index (κ1) is 28.7. The molecular weight excluding hydrogens is 661 g/mol. The summed E-state index contributed by atoms with van der Waals surface area (Å²) in [5, 5.41) is 30.4. The minimum absolute atomic E-state index is 0.0995. The fourth-order valence-corrected chi connectivity index (χ4v) is 8.53. The zero-order chi connectivity index (χ0) is 29.6. The number of phenolic OH excluding ortho intramolecular Hbond substituents is 1. The maximum Gasteiger partial charge on any atom is 0.488 e. The summed E-state index contributed by atoms with van der Waals surface area (Å²) in [7, 11) is -1.81. The molecule has 9 nitrogen and oxygen atoms in total. The van der Waals surface area contributed by atoms with Crippen LogP contribution in [0.2, 0.25) is 5.02 Å². The van der Waals surface area contributed by atoms with Crippen LogP contribution in [0.1, 0.15) is 24.3 Å².